The normalized spacial score (nSPS) is 11.5. The number of nitrogens with zero attached hydrogens (tertiary/aromatic N) is 1. The smallest absolute Gasteiger partial charge is 0.191 e. The molecule has 0 heterocycles. The predicted molar refractivity (Wildman–Crippen MR) is 134 cm³/mol. The third-order valence-electron chi connectivity index (χ3n) is 4.42. The maximum atomic E-state index is 11.5. The van der Waals surface area contributed by atoms with Crippen LogP contribution < -0.4 is 15.4 Å². The number of halogens is 1. The minimum Gasteiger partial charge on any atom is -0.491 e. The molecule has 0 aliphatic rings. The van der Waals surface area contributed by atoms with E-state index in [1.165, 1.54) is 6.26 Å². The summed E-state index contributed by atoms with van der Waals surface area (Å²) >= 11 is 0. The first-order valence-electron chi connectivity index (χ1n) is 9.81. The summed E-state index contributed by atoms with van der Waals surface area (Å²) in [5, 5.41) is 6.50. The van der Waals surface area contributed by atoms with Gasteiger partial charge in [0.1, 0.15) is 12.4 Å². The van der Waals surface area contributed by atoms with Gasteiger partial charge in [-0.3, -0.25) is 4.99 Å². The lowest BCUT2D eigenvalue weighted by Gasteiger charge is -2.14. The van der Waals surface area contributed by atoms with E-state index in [9.17, 15) is 8.42 Å². The molecular formula is C22H32IN3O3S. The van der Waals surface area contributed by atoms with Crippen molar-refractivity contribution < 1.29 is 13.2 Å². The van der Waals surface area contributed by atoms with Crippen molar-refractivity contribution in [2.24, 2.45) is 4.99 Å². The Morgan fingerprint density at radius 1 is 1.03 bits per heavy atom. The fourth-order valence-corrected chi connectivity index (χ4v) is 3.52. The molecule has 0 fully saturated rings. The second-order valence-electron chi connectivity index (χ2n) is 6.92. The van der Waals surface area contributed by atoms with Gasteiger partial charge in [0.25, 0.3) is 0 Å². The largest absolute Gasteiger partial charge is 0.491 e. The molecule has 0 aliphatic heterocycles. The van der Waals surface area contributed by atoms with E-state index in [0.717, 1.165) is 41.4 Å². The average molecular weight is 545 g/mol. The molecule has 0 saturated heterocycles. The zero-order chi connectivity index (χ0) is 21.3. The summed E-state index contributed by atoms with van der Waals surface area (Å²) in [7, 11) is -3.16. The van der Waals surface area contributed by atoms with Crippen molar-refractivity contribution in [3.8, 4) is 5.75 Å². The number of aryl methyl sites for hydroxylation is 2. The topological polar surface area (TPSA) is 79.8 Å². The van der Waals surface area contributed by atoms with Gasteiger partial charge in [-0.15, -0.1) is 24.0 Å². The van der Waals surface area contributed by atoms with E-state index >= 15 is 0 Å². The zero-order valence-corrected chi connectivity index (χ0v) is 21.2. The summed E-state index contributed by atoms with van der Waals surface area (Å²) in [4.78, 5) is 4.92. The molecule has 0 bridgehead atoms. The molecule has 0 aromatic heterocycles. The number of aliphatic imine (C=N–C) groups is 1. The van der Waals surface area contributed by atoms with Crippen LogP contribution in [0.25, 0.3) is 0 Å². The summed E-state index contributed by atoms with van der Waals surface area (Å²) in [5.74, 6) is 1.68. The highest BCUT2D eigenvalue weighted by molar-refractivity contribution is 14.0. The zero-order valence-electron chi connectivity index (χ0n) is 18.1. The van der Waals surface area contributed by atoms with Crippen LogP contribution in [-0.2, 0) is 16.3 Å². The number of ether oxygens (including phenoxy) is 1. The van der Waals surface area contributed by atoms with Crippen molar-refractivity contribution in [2.45, 2.75) is 32.1 Å². The van der Waals surface area contributed by atoms with Crippen LogP contribution in [0.15, 0.2) is 52.4 Å². The lowest BCUT2D eigenvalue weighted by atomic mass is 10.1. The molecule has 0 saturated carbocycles. The number of guanidine groups is 1. The van der Waals surface area contributed by atoms with Gasteiger partial charge in [-0.25, -0.2) is 8.42 Å². The fraction of sp³-hybridized carbons (Fsp3) is 0.409. The molecule has 0 spiro atoms. The van der Waals surface area contributed by atoms with E-state index in [-0.39, 0.29) is 24.0 Å². The minimum absolute atomic E-state index is 0. The maximum Gasteiger partial charge on any atom is 0.191 e. The van der Waals surface area contributed by atoms with Gasteiger partial charge in [0, 0.05) is 19.3 Å². The van der Waals surface area contributed by atoms with Crippen molar-refractivity contribution in [1.29, 1.82) is 0 Å². The Hall–Kier alpha value is -1.81. The monoisotopic (exact) mass is 545 g/mol. The number of hydrogen-bond acceptors (Lipinski definition) is 4. The van der Waals surface area contributed by atoms with Crippen molar-refractivity contribution >= 4 is 39.8 Å². The molecule has 2 aromatic carbocycles. The van der Waals surface area contributed by atoms with Gasteiger partial charge in [0.05, 0.1) is 11.4 Å². The van der Waals surface area contributed by atoms with E-state index in [2.05, 4.69) is 15.6 Å². The summed E-state index contributed by atoms with van der Waals surface area (Å²) in [5.41, 5.74) is 3.32. The van der Waals surface area contributed by atoms with Gasteiger partial charge in [0.15, 0.2) is 15.8 Å². The molecule has 0 unspecified atom stereocenters. The van der Waals surface area contributed by atoms with Crippen molar-refractivity contribution in [2.75, 3.05) is 32.5 Å². The summed E-state index contributed by atoms with van der Waals surface area (Å²) < 4.78 is 29.0. The third kappa shape index (κ3) is 8.51. The van der Waals surface area contributed by atoms with Crippen molar-refractivity contribution in [3.05, 3.63) is 59.2 Å². The molecule has 0 aliphatic carbocycles. The van der Waals surface area contributed by atoms with Crippen LogP contribution in [0.3, 0.4) is 0 Å². The highest BCUT2D eigenvalue weighted by Crippen LogP contribution is 2.21. The van der Waals surface area contributed by atoms with E-state index in [1.54, 1.807) is 12.1 Å². The minimum atomic E-state index is -3.16. The fourth-order valence-electron chi connectivity index (χ4n) is 2.89. The highest BCUT2D eigenvalue weighted by atomic mass is 127. The van der Waals surface area contributed by atoms with Crippen LogP contribution in [-0.4, -0.2) is 46.9 Å². The second kappa shape index (κ2) is 12.8. The molecule has 0 radical (unpaired) electrons. The van der Waals surface area contributed by atoms with Gasteiger partial charge in [-0.1, -0.05) is 30.3 Å². The van der Waals surface area contributed by atoms with Crippen LogP contribution in [0.4, 0.5) is 0 Å². The van der Waals surface area contributed by atoms with Gasteiger partial charge in [0.2, 0.25) is 0 Å². The molecule has 166 valence electrons. The van der Waals surface area contributed by atoms with Gasteiger partial charge < -0.3 is 15.4 Å². The Balaban J connectivity index is 0.00000450. The summed E-state index contributed by atoms with van der Waals surface area (Å²) in [6, 6.07) is 13.1. The van der Waals surface area contributed by atoms with Gasteiger partial charge >= 0.3 is 0 Å². The van der Waals surface area contributed by atoms with Crippen LogP contribution in [0, 0.1) is 13.8 Å². The molecule has 2 N–H and O–H groups in total. The average Bonchev–Trinajstić information content (AvgIpc) is 2.66. The molecule has 2 aromatic rings. The molecule has 0 atom stereocenters. The van der Waals surface area contributed by atoms with E-state index in [4.69, 9.17) is 4.74 Å². The highest BCUT2D eigenvalue weighted by Gasteiger charge is 2.06. The van der Waals surface area contributed by atoms with Gasteiger partial charge in [-0.2, -0.15) is 0 Å². The van der Waals surface area contributed by atoms with Crippen LogP contribution in [0.1, 0.15) is 23.6 Å². The number of para-hydroxylation sites is 1. The number of rotatable bonds is 9. The van der Waals surface area contributed by atoms with Crippen LogP contribution in [0.5, 0.6) is 5.75 Å². The first kappa shape index (κ1) is 26.2. The Kier molecular flexibility index (Phi) is 11.2. The molecule has 2 rings (SSSR count). The number of sulfone groups is 1. The second-order valence-corrected chi connectivity index (χ2v) is 8.94. The SMILES string of the molecule is CCNC(=NCCc1ccc(S(C)(=O)=O)cc1)NCCOc1c(C)cccc1C.I. The molecule has 0 amide bonds. The first-order chi connectivity index (χ1) is 13.8. The summed E-state index contributed by atoms with van der Waals surface area (Å²) in [6.45, 7) is 8.67. The molecular weight excluding hydrogens is 513 g/mol. The van der Waals surface area contributed by atoms with Crippen LogP contribution in [0.2, 0.25) is 0 Å². The molecule has 8 heteroatoms. The Labute approximate surface area is 197 Å². The number of nitrogens with one attached hydrogen (secondary N) is 2. The third-order valence-corrected chi connectivity index (χ3v) is 5.54. The summed E-state index contributed by atoms with van der Waals surface area (Å²) in [6.07, 6.45) is 1.95. The Morgan fingerprint density at radius 2 is 1.67 bits per heavy atom. The van der Waals surface area contributed by atoms with Gasteiger partial charge in [-0.05, 0) is 56.0 Å². The Bertz CT molecular complexity index is 909. The predicted octanol–water partition coefficient (Wildman–Crippen LogP) is 3.50. The Morgan fingerprint density at radius 3 is 2.23 bits per heavy atom. The van der Waals surface area contributed by atoms with E-state index in [0.29, 0.717) is 24.6 Å². The van der Waals surface area contributed by atoms with Crippen molar-refractivity contribution in [1.82, 2.24) is 10.6 Å². The lowest BCUT2D eigenvalue weighted by Crippen LogP contribution is -2.39. The van der Waals surface area contributed by atoms with Crippen molar-refractivity contribution in [3.63, 3.8) is 0 Å². The number of hydrogen-bond donors (Lipinski definition) is 2. The van der Waals surface area contributed by atoms with Crippen LogP contribution >= 0.6 is 24.0 Å². The first-order valence-corrected chi connectivity index (χ1v) is 11.7. The lowest BCUT2D eigenvalue weighted by molar-refractivity contribution is 0.317. The van der Waals surface area contributed by atoms with E-state index in [1.807, 2.05) is 51.1 Å². The molecule has 6 nitrogen and oxygen atoms in total. The molecule has 30 heavy (non-hydrogen) atoms. The standard InChI is InChI=1S/C22H31N3O3S.HI/c1-5-23-22(25-15-16-28-21-17(2)7-6-8-18(21)3)24-14-13-19-9-11-20(12-10-19)29(4,26)27;/h6-12H,5,13-16H2,1-4H3,(H2,23,24,25);1H. The number of benzene rings is 2. The van der Waals surface area contributed by atoms with E-state index < -0.39 is 9.84 Å². The quantitative estimate of drug-likeness (QED) is 0.218. The maximum absolute atomic E-state index is 11.5.